The number of hydrogen-bond acceptors (Lipinski definition) is 2. The van der Waals surface area contributed by atoms with Crippen LogP contribution in [0, 0.1) is 5.92 Å². The largest absolute Gasteiger partial charge is 0.278 e. The molecule has 0 spiro atoms. The van der Waals surface area contributed by atoms with Gasteiger partial charge < -0.3 is 0 Å². The first kappa shape index (κ1) is 9.78. The molecule has 0 aromatic heterocycles. The van der Waals surface area contributed by atoms with Gasteiger partial charge in [0, 0.05) is 11.2 Å². The van der Waals surface area contributed by atoms with Crippen molar-refractivity contribution >= 4 is 16.8 Å². The van der Waals surface area contributed by atoms with Crippen LogP contribution in [0.5, 0.6) is 0 Å². The van der Waals surface area contributed by atoms with E-state index < -0.39 is 0 Å². The Morgan fingerprint density at radius 1 is 1.21 bits per heavy atom. The Labute approximate surface area is 89.6 Å². The molecule has 74 valence electrons. The van der Waals surface area contributed by atoms with E-state index in [-0.39, 0.29) is 0 Å². The molecule has 2 unspecified atom stereocenters. The number of nitrogens with zero attached hydrogens (tertiary/aromatic N) is 1. The average molecular weight is 205 g/mol. The lowest BCUT2D eigenvalue weighted by Crippen LogP contribution is -2.31. The fourth-order valence-corrected chi connectivity index (χ4v) is 2.51. The molecule has 1 aromatic rings. The standard InChI is InChI=1S/C12H15NS/c1-9-10(2)14-12(9)13-8-11-6-4-3-5-7-11/h3-7,9-10H,8H2,1-2H3. The Balaban J connectivity index is 1.95. The zero-order valence-corrected chi connectivity index (χ0v) is 9.42. The van der Waals surface area contributed by atoms with Gasteiger partial charge in [-0.1, -0.05) is 44.2 Å². The van der Waals surface area contributed by atoms with Gasteiger partial charge in [0.2, 0.25) is 0 Å². The van der Waals surface area contributed by atoms with Gasteiger partial charge in [-0.25, -0.2) is 0 Å². The number of aliphatic imine (C=N–C) groups is 1. The van der Waals surface area contributed by atoms with Gasteiger partial charge in [-0.3, -0.25) is 4.99 Å². The number of benzene rings is 1. The first-order valence-electron chi connectivity index (χ1n) is 5.02. The monoisotopic (exact) mass is 205 g/mol. The number of thioether (sulfide) groups is 1. The maximum absolute atomic E-state index is 4.61. The van der Waals surface area contributed by atoms with Crippen molar-refractivity contribution in [3.05, 3.63) is 35.9 Å². The summed E-state index contributed by atoms with van der Waals surface area (Å²) in [5.74, 6) is 0.670. The lowest BCUT2D eigenvalue weighted by molar-refractivity contribution is 0.739. The van der Waals surface area contributed by atoms with Crippen molar-refractivity contribution in [2.75, 3.05) is 0 Å². The van der Waals surface area contributed by atoms with E-state index in [1.54, 1.807) is 0 Å². The minimum atomic E-state index is 0.670. The van der Waals surface area contributed by atoms with Gasteiger partial charge in [-0.15, -0.1) is 11.8 Å². The van der Waals surface area contributed by atoms with Crippen molar-refractivity contribution in [2.24, 2.45) is 10.9 Å². The molecule has 0 aliphatic carbocycles. The SMILES string of the molecule is CC1SC(=NCc2ccccc2)C1C. The molecule has 1 heterocycles. The third-order valence-electron chi connectivity index (χ3n) is 2.66. The van der Waals surface area contributed by atoms with E-state index in [0.717, 1.165) is 11.8 Å². The van der Waals surface area contributed by atoms with Gasteiger partial charge in [0.25, 0.3) is 0 Å². The van der Waals surface area contributed by atoms with E-state index in [9.17, 15) is 0 Å². The number of rotatable bonds is 2. The molecule has 1 nitrogen and oxygen atoms in total. The molecule has 2 rings (SSSR count). The van der Waals surface area contributed by atoms with Crippen LogP contribution < -0.4 is 0 Å². The highest BCUT2D eigenvalue weighted by molar-refractivity contribution is 8.16. The summed E-state index contributed by atoms with van der Waals surface area (Å²) < 4.78 is 0. The first-order chi connectivity index (χ1) is 6.77. The second-order valence-electron chi connectivity index (χ2n) is 3.75. The van der Waals surface area contributed by atoms with Crippen LogP contribution in [0.3, 0.4) is 0 Å². The lowest BCUT2D eigenvalue weighted by atomic mass is 10.1. The molecular weight excluding hydrogens is 190 g/mol. The number of hydrogen-bond donors (Lipinski definition) is 0. The van der Waals surface area contributed by atoms with Crippen molar-refractivity contribution in [2.45, 2.75) is 25.6 Å². The van der Waals surface area contributed by atoms with E-state index in [1.807, 2.05) is 17.8 Å². The van der Waals surface area contributed by atoms with E-state index in [1.165, 1.54) is 10.6 Å². The van der Waals surface area contributed by atoms with Crippen LogP contribution in [0.1, 0.15) is 19.4 Å². The third kappa shape index (κ3) is 2.01. The summed E-state index contributed by atoms with van der Waals surface area (Å²) in [6, 6.07) is 10.4. The molecule has 1 fully saturated rings. The van der Waals surface area contributed by atoms with Crippen LogP contribution in [0.4, 0.5) is 0 Å². The second kappa shape index (κ2) is 4.18. The molecule has 0 amide bonds. The maximum Gasteiger partial charge on any atom is 0.0722 e. The zero-order valence-electron chi connectivity index (χ0n) is 8.60. The topological polar surface area (TPSA) is 12.4 Å². The normalized spacial score (nSPS) is 28.9. The molecule has 2 heteroatoms. The van der Waals surface area contributed by atoms with Crippen molar-refractivity contribution < 1.29 is 0 Å². The van der Waals surface area contributed by atoms with E-state index in [2.05, 4.69) is 43.1 Å². The quantitative estimate of drug-likeness (QED) is 0.721. The fraction of sp³-hybridized carbons (Fsp3) is 0.417. The van der Waals surface area contributed by atoms with Gasteiger partial charge in [0.1, 0.15) is 0 Å². The predicted molar refractivity (Wildman–Crippen MR) is 63.8 cm³/mol. The van der Waals surface area contributed by atoms with Gasteiger partial charge in [-0.05, 0) is 5.56 Å². The van der Waals surface area contributed by atoms with Gasteiger partial charge >= 0.3 is 0 Å². The zero-order chi connectivity index (χ0) is 9.97. The van der Waals surface area contributed by atoms with Crippen LogP contribution in [-0.2, 0) is 6.54 Å². The molecule has 1 aromatic carbocycles. The molecule has 0 bridgehead atoms. The Morgan fingerprint density at radius 3 is 2.50 bits per heavy atom. The Morgan fingerprint density at radius 2 is 1.93 bits per heavy atom. The molecule has 0 saturated carbocycles. The molecule has 1 aliphatic heterocycles. The molecule has 14 heavy (non-hydrogen) atoms. The van der Waals surface area contributed by atoms with E-state index in [0.29, 0.717) is 5.92 Å². The highest BCUT2D eigenvalue weighted by Crippen LogP contribution is 2.36. The van der Waals surface area contributed by atoms with Gasteiger partial charge in [0.05, 0.1) is 11.6 Å². The van der Waals surface area contributed by atoms with Crippen LogP contribution in [0.15, 0.2) is 35.3 Å². The Hall–Kier alpha value is -0.760. The maximum atomic E-state index is 4.61. The minimum absolute atomic E-state index is 0.670. The third-order valence-corrected chi connectivity index (χ3v) is 4.18. The second-order valence-corrected chi connectivity index (χ2v) is 5.15. The van der Waals surface area contributed by atoms with Gasteiger partial charge in [-0.2, -0.15) is 0 Å². The summed E-state index contributed by atoms with van der Waals surface area (Å²) in [6.07, 6.45) is 0. The summed E-state index contributed by atoms with van der Waals surface area (Å²) in [5, 5.41) is 2.07. The van der Waals surface area contributed by atoms with Crippen molar-refractivity contribution in [3.8, 4) is 0 Å². The highest BCUT2D eigenvalue weighted by atomic mass is 32.2. The van der Waals surface area contributed by atoms with Crippen LogP contribution in [0.2, 0.25) is 0 Å². The summed E-state index contributed by atoms with van der Waals surface area (Å²) in [7, 11) is 0. The summed E-state index contributed by atoms with van der Waals surface area (Å²) in [4.78, 5) is 4.61. The molecule has 0 radical (unpaired) electrons. The highest BCUT2D eigenvalue weighted by Gasteiger charge is 2.30. The predicted octanol–water partition coefficient (Wildman–Crippen LogP) is 3.36. The Bertz CT molecular complexity index is 331. The Kier molecular flexibility index (Phi) is 2.92. The van der Waals surface area contributed by atoms with Crippen molar-refractivity contribution in [1.29, 1.82) is 0 Å². The molecular formula is C12H15NS. The summed E-state index contributed by atoms with van der Waals surface area (Å²) >= 11 is 1.91. The van der Waals surface area contributed by atoms with Crippen molar-refractivity contribution in [1.82, 2.24) is 0 Å². The van der Waals surface area contributed by atoms with E-state index in [4.69, 9.17) is 0 Å². The van der Waals surface area contributed by atoms with E-state index >= 15 is 0 Å². The average Bonchev–Trinajstić information content (AvgIpc) is 2.25. The summed E-state index contributed by atoms with van der Waals surface area (Å²) in [5.41, 5.74) is 1.30. The van der Waals surface area contributed by atoms with Crippen LogP contribution >= 0.6 is 11.8 Å². The lowest BCUT2D eigenvalue weighted by Gasteiger charge is -2.31. The fourth-order valence-electron chi connectivity index (χ4n) is 1.46. The van der Waals surface area contributed by atoms with Gasteiger partial charge in [0.15, 0.2) is 0 Å². The molecule has 1 saturated heterocycles. The molecule has 1 aliphatic rings. The molecule has 0 N–H and O–H groups in total. The minimum Gasteiger partial charge on any atom is -0.278 e. The molecule has 2 atom stereocenters. The van der Waals surface area contributed by atoms with Crippen molar-refractivity contribution in [3.63, 3.8) is 0 Å². The van der Waals surface area contributed by atoms with Crippen LogP contribution in [-0.4, -0.2) is 10.3 Å². The van der Waals surface area contributed by atoms with Crippen LogP contribution in [0.25, 0.3) is 0 Å². The summed E-state index contributed by atoms with van der Waals surface area (Å²) in [6.45, 7) is 5.35. The smallest absolute Gasteiger partial charge is 0.0722 e. The first-order valence-corrected chi connectivity index (χ1v) is 5.90.